The number of carbonyl (C=O) groups excluding carboxylic acids is 1. The summed E-state index contributed by atoms with van der Waals surface area (Å²) in [6, 6.07) is 1.54. The molecule has 148 valence electrons. The number of nitrogens with zero attached hydrogens (tertiary/aromatic N) is 1. The second-order valence-corrected chi connectivity index (χ2v) is 7.74. The number of carbonyl (C=O) groups is 1. The van der Waals surface area contributed by atoms with Gasteiger partial charge in [-0.05, 0) is 39.0 Å². The number of benzene rings is 1. The molecule has 0 unspecified atom stereocenters. The van der Waals surface area contributed by atoms with Gasteiger partial charge in [0.15, 0.2) is 5.76 Å². The predicted octanol–water partition coefficient (Wildman–Crippen LogP) is 3.27. The number of hydrogen-bond donors (Lipinski definition) is 2. The fourth-order valence-corrected chi connectivity index (χ4v) is 4.03. The average molecular weight is 426 g/mol. The number of amides is 1. The van der Waals surface area contributed by atoms with Crippen LogP contribution >= 0.6 is 11.6 Å². The Hall–Kier alpha value is -2.11. The minimum atomic E-state index is -4.70. The Morgan fingerprint density at radius 1 is 1.30 bits per heavy atom. The van der Waals surface area contributed by atoms with Gasteiger partial charge in [0.2, 0.25) is 15.9 Å². The lowest BCUT2D eigenvalue weighted by atomic mass is 10.2. The van der Waals surface area contributed by atoms with Crippen LogP contribution < -0.4 is 10.0 Å². The third-order valence-corrected chi connectivity index (χ3v) is 5.61. The minimum Gasteiger partial charge on any atom is -0.360 e. The Kier molecular flexibility index (Phi) is 5.88. The maximum absolute atomic E-state index is 12.9. The van der Waals surface area contributed by atoms with Gasteiger partial charge in [-0.2, -0.15) is 17.9 Å². The van der Waals surface area contributed by atoms with E-state index < -0.39 is 38.7 Å². The first-order valence-electron chi connectivity index (χ1n) is 7.45. The molecule has 2 rings (SSSR count). The second kappa shape index (κ2) is 7.49. The normalized spacial score (nSPS) is 13.4. The quantitative estimate of drug-likeness (QED) is 0.765. The molecule has 0 aliphatic carbocycles. The summed E-state index contributed by atoms with van der Waals surface area (Å²) in [7, 11) is -4.12. The van der Waals surface area contributed by atoms with Gasteiger partial charge in [-0.1, -0.05) is 16.8 Å². The van der Waals surface area contributed by atoms with Crippen molar-refractivity contribution >= 4 is 33.2 Å². The van der Waals surface area contributed by atoms with Crippen LogP contribution in [-0.4, -0.2) is 25.5 Å². The molecule has 27 heavy (non-hydrogen) atoms. The molecule has 1 amide bonds. The summed E-state index contributed by atoms with van der Waals surface area (Å²) < 4.78 is 70.3. The highest BCUT2D eigenvalue weighted by Gasteiger charge is 2.34. The van der Waals surface area contributed by atoms with E-state index in [1.54, 1.807) is 0 Å². The second-order valence-electron chi connectivity index (χ2n) is 5.68. The van der Waals surface area contributed by atoms with Crippen LogP contribution in [0.25, 0.3) is 0 Å². The van der Waals surface area contributed by atoms with E-state index in [2.05, 4.69) is 15.2 Å². The van der Waals surface area contributed by atoms with E-state index >= 15 is 0 Å². The largest absolute Gasteiger partial charge is 0.417 e. The van der Waals surface area contributed by atoms with Crippen LogP contribution in [0.5, 0.6) is 0 Å². The van der Waals surface area contributed by atoms with Crippen LogP contribution in [0.2, 0.25) is 5.02 Å². The molecule has 1 aromatic heterocycles. The molecule has 1 atom stereocenters. The van der Waals surface area contributed by atoms with Gasteiger partial charge < -0.3 is 9.84 Å². The first-order valence-corrected chi connectivity index (χ1v) is 9.32. The van der Waals surface area contributed by atoms with Gasteiger partial charge in [-0.25, -0.2) is 8.42 Å². The Labute approximate surface area is 157 Å². The standard InChI is InChI=1S/C15H15ClF3N3O4S/c1-7-13(9(3)26-21-7)27(24,25)22-8(2)14(23)20-10-4-5-12(16)11(6-10)15(17,18)19/h4-6,8,22H,1-3H3,(H,20,23)/t8-/m0/s1. The van der Waals surface area contributed by atoms with Crippen molar-refractivity contribution in [2.45, 2.75) is 37.9 Å². The molecule has 0 aliphatic rings. The Balaban J connectivity index is 2.17. The molecule has 2 aromatic rings. The Bertz CT molecular complexity index is 954. The number of nitrogens with one attached hydrogen (secondary N) is 2. The van der Waals surface area contributed by atoms with Gasteiger partial charge in [0.05, 0.1) is 16.6 Å². The van der Waals surface area contributed by atoms with E-state index in [0.717, 1.165) is 6.07 Å². The molecule has 7 nitrogen and oxygen atoms in total. The fourth-order valence-electron chi connectivity index (χ4n) is 2.27. The van der Waals surface area contributed by atoms with Gasteiger partial charge in [-0.3, -0.25) is 4.79 Å². The van der Waals surface area contributed by atoms with E-state index in [-0.39, 0.29) is 22.0 Å². The van der Waals surface area contributed by atoms with Crippen LogP contribution in [0.3, 0.4) is 0 Å². The lowest BCUT2D eigenvalue weighted by Gasteiger charge is -2.16. The van der Waals surface area contributed by atoms with Crippen LogP contribution in [0.4, 0.5) is 18.9 Å². The highest BCUT2D eigenvalue weighted by atomic mass is 35.5. The molecule has 1 heterocycles. The first kappa shape index (κ1) is 21.2. The summed E-state index contributed by atoms with van der Waals surface area (Å²) in [4.78, 5) is 12.0. The van der Waals surface area contributed by atoms with E-state index in [1.165, 1.54) is 26.8 Å². The summed E-state index contributed by atoms with van der Waals surface area (Å²) in [6.45, 7) is 4.06. The summed E-state index contributed by atoms with van der Waals surface area (Å²) in [5, 5.41) is 5.22. The summed E-state index contributed by atoms with van der Waals surface area (Å²) in [5.74, 6) is -0.819. The minimum absolute atomic E-state index is 0.0418. The molecule has 0 aliphatic heterocycles. The molecule has 0 radical (unpaired) electrons. The van der Waals surface area contributed by atoms with E-state index in [9.17, 15) is 26.4 Å². The van der Waals surface area contributed by atoms with E-state index in [4.69, 9.17) is 16.1 Å². The van der Waals surface area contributed by atoms with Crippen LogP contribution in [0, 0.1) is 13.8 Å². The number of anilines is 1. The number of sulfonamides is 1. The van der Waals surface area contributed by atoms with Gasteiger partial charge in [-0.15, -0.1) is 0 Å². The van der Waals surface area contributed by atoms with E-state index in [1.807, 2.05) is 0 Å². The van der Waals surface area contributed by atoms with Gasteiger partial charge in [0, 0.05) is 5.69 Å². The molecule has 0 spiro atoms. The molecule has 0 saturated carbocycles. The predicted molar refractivity (Wildman–Crippen MR) is 90.8 cm³/mol. The SMILES string of the molecule is Cc1noc(C)c1S(=O)(=O)N[C@@H](C)C(=O)Nc1ccc(Cl)c(C(F)(F)F)c1. The zero-order valence-electron chi connectivity index (χ0n) is 14.3. The number of alkyl halides is 3. The molecule has 0 bridgehead atoms. The maximum atomic E-state index is 12.9. The monoisotopic (exact) mass is 425 g/mol. The molecule has 1 aromatic carbocycles. The van der Waals surface area contributed by atoms with Crippen molar-refractivity contribution in [3.8, 4) is 0 Å². The fraction of sp³-hybridized carbons (Fsp3) is 0.333. The molecule has 12 heteroatoms. The van der Waals surface area contributed by atoms with Crippen molar-refractivity contribution in [1.29, 1.82) is 0 Å². The van der Waals surface area contributed by atoms with Crippen molar-refractivity contribution in [2.75, 3.05) is 5.32 Å². The first-order chi connectivity index (χ1) is 12.3. The van der Waals surface area contributed by atoms with Crippen molar-refractivity contribution in [3.05, 3.63) is 40.2 Å². The van der Waals surface area contributed by atoms with Crippen LogP contribution in [-0.2, 0) is 21.0 Å². The third kappa shape index (κ3) is 4.79. The third-order valence-electron chi connectivity index (χ3n) is 3.50. The number of hydrogen-bond acceptors (Lipinski definition) is 5. The van der Waals surface area contributed by atoms with Crippen molar-refractivity contribution in [2.24, 2.45) is 0 Å². The highest BCUT2D eigenvalue weighted by Crippen LogP contribution is 2.36. The zero-order valence-corrected chi connectivity index (χ0v) is 15.9. The molecule has 0 fully saturated rings. The smallest absolute Gasteiger partial charge is 0.360 e. The summed E-state index contributed by atoms with van der Waals surface area (Å²) >= 11 is 5.51. The van der Waals surface area contributed by atoms with Gasteiger partial charge in [0.1, 0.15) is 10.6 Å². The number of aryl methyl sites for hydroxylation is 2. The van der Waals surface area contributed by atoms with E-state index in [0.29, 0.717) is 6.07 Å². The zero-order chi connectivity index (χ0) is 20.6. The summed E-state index contributed by atoms with van der Waals surface area (Å²) in [6.07, 6.45) is -4.70. The number of halogens is 4. The van der Waals surface area contributed by atoms with Crippen molar-refractivity contribution < 1.29 is 30.9 Å². The van der Waals surface area contributed by atoms with Crippen LogP contribution in [0.1, 0.15) is 23.9 Å². The summed E-state index contributed by atoms with van der Waals surface area (Å²) in [5.41, 5.74) is -1.19. The number of rotatable bonds is 5. The Morgan fingerprint density at radius 3 is 2.44 bits per heavy atom. The highest BCUT2D eigenvalue weighted by molar-refractivity contribution is 7.89. The topological polar surface area (TPSA) is 101 Å². The maximum Gasteiger partial charge on any atom is 0.417 e. The Morgan fingerprint density at radius 2 is 1.93 bits per heavy atom. The van der Waals surface area contributed by atoms with Gasteiger partial charge >= 0.3 is 6.18 Å². The van der Waals surface area contributed by atoms with Crippen molar-refractivity contribution in [1.82, 2.24) is 9.88 Å². The lowest BCUT2D eigenvalue weighted by Crippen LogP contribution is -2.41. The molecule has 0 saturated heterocycles. The average Bonchev–Trinajstić information content (AvgIpc) is 2.87. The van der Waals surface area contributed by atoms with Crippen LogP contribution in [0.15, 0.2) is 27.6 Å². The number of aromatic nitrogens is 1. The van der Waals surface area contributed by atoms with Crippen molar-refractivity contribution in [3.63, 3.8) is 0 Å². The lowest BCUT2D eigenvalue weighted by molar-refractivity contribution is -0.137. The molecular weight excluding hydrogens is 411 g/mol. The molecular formula is C15H15ClF3N3O4S. The van der Waals surface area contributed by atoms with Gasteiger partial charge in [0.25, 0.3) is 0 Å². The molecule has 2 N–H and O–H groups in total.